The predicted octanol–water partition coefficient (Wildman–Crippen LogP) is -0.0343. The van der Waals surface area contributed by atoms with Crippen LogP contribution < -0.4 is 10.6 Å². The first-order valence-electron chi connectivity index (χ1n) is 5.31. The summed E-state index contributed by atoms with van der Waals surface area (Å²) in [5.41, 5.74) is 0. The molecule has 0 radical (unpaired) electrons. The van der Waals surface area contributed by atoms with Crippen LogP contribution in [0.5, 0.6) is 0 Å². The van der Waals surface area contributed by atoms with Crippen LogP contribution in [0.4, 0.5) is 18.0 Å². The Bertz CT molecular complexity index is 286. The Morgan fingerprint density at radius 2 is 1.42 bits per heavy atom. The molecule has 0 aliphatic carbocycles. The molecule has 10 heteroatoms. The van der Waals surface area contributed by atoms with Gasteiger partial charge in [0.2, 0.25) is 0 Å². The molecule has 0 unspecified atom stereocenters. The number of carbonyl (C=O) groups is 2. The van der Waals surface area contributed by atoms with Gasteiger partial charge in [-0.2, -0.15) is 13.2 Å². The van der Waals surface area contributed by atoms with Crippen LogP contribution in [0.2, 0.25) is 0 Å². The average molecular weight is 288 g/mol. The fourth-order valence-electron chi connectivity index (χ4n) is 0.889. The number of carbonyl (C=O) groups excluding carboxylic acids is 1. The minimum Gasteiger partial charge on any atom is -0.465 e. The summed E-state index contributed by atoms with van der Waals surface area (Å²) < 4.78 is 45.0. The van der Waals surface area contributed by atoms with Gasteiger partial charge in [0.15, 0.2) is 0 Å². The van der Waals surface area contributed by atoms with E-state index in [-0.39, 0.29) is 39.5 Å². The zero-order valence-corrected chi connectivity index (χ0v) is 9.96. The van der Waals surface area contributed by atoms with E-state index in [2.05, 4.69) is 5.32 Å². The van der Waals surface area contributed by atoms with E-state index in [1.807, 2.05) is 0 Å². The first-order chi connectivity index (χ1) is 8.84. The van der Waals surface area contributed by atoms with Crippen LogP contribution >= 0.6 is 0 Å². The molecule has 0 atom stereocenters. The lowest BCUT2D eigenvalue weighted by Gasteiger charge is -2.08. The molecule has 0 saturated carbocycles. The largest absolute Gasteiger partial charge is 0.471 e. The molecule has 0 saturated heterocycles. The molecule has 0 aromatic rings. The van der Waals surface area contributed by atoms with Gasteiger partial charge in [-0.15, -0.1) is 0 Å². The molecule has 3 N–H and O–H groups in total. The topological polar surface area (TPSA) is 96.9 Å². The molecule has 0 spiro atoms. The summed E-state index contributed by atoms with van der Waals surface area (Å²) in [5, 5.41) is 11.9. The van der Waals surface area contributed by atoms with Crippen LogP contribution in [-0.2, 0) is 14.3 Å². The van der Waals surface area contributed by atoms with Crippen LogP contribution in [0.15, 0.2) is 0 Å². The first kappa shape index (κ1) is 17.4. The standard InChI is InChI=1S/C9H15F3N2O5/c10-9(11,12)7(15)13-1-3-18-5-6-19-4-2-14-8(16)17/h14H,1-6H2,(H,13,15)(H,16,17). The number of ether oxygens (including phenoxy) is 2. The second kappa shape index (κ2) is 9.39. The van der Waals surface area contributed by atoms with Crippen molar-refractivity contribution in [3.05, 3.63) is 0 Å². The summed E-state index contributed by atoms with van der Waals surface area (Å²) in [5.74, 6) is -2.01. The van der Waals surface area contributed by atoms with E-state index in [1.54, 1.807) is 5.32 Å². The summed E-state index contributed by atoms with van der Waals surface area (Å²) in [4.78, 5) is 20.4. The SMILES string of the molecule is O=C(O)NCCOCCOCCNC(=O)C(F)(F)F. The Morgan fingerprint density at radius 3 is 1.84 bits per heavy atom. The van der Waals surface area contributed by atoms with Crippen LogP contribution in [0, 0.1) is 0 Å². The molecule has 0 aromatic heterocycles. The zero-order chi connectivity index (χ0) is 14.7. The third-order valence-corrected chi connectivity index (χ3v) is 1.68. The third-order valence-electron chi connectivity index (χ3n) is 1.68. The Morgan fingerprint density at radius 1 is 0.947 bits per heavy atom. The van der Waals surface area contributed by atoms with Gasteiger partial charge >= 0.3 is 18.2 Å². The monoisotopic (exact) mass is 288 g/mol. The molecule has 0 bridgehead atoms. The number of hydrogen-bond acceptors (Lipinski definition) is 4. The number of halogens is 3. The van der Waals surface area contributed by atoms with E-state index in [4.69, 9.17) is 14.6 Å². The smallest absolute Gasteiger partial charge is 0.465 e. The van der Waals surface area contributed by atoms with E-state index in [1.165, 1.54) is 0 Å². The van der Waals surface area contributed by atoms with Crippen molar-refractivity contribution < 1.29 is 37.3 Å². The van der Waals surface area contributed by atoms with Crippen molar-refractivity contribution in [1.82, 2.24) is 10.6 Å². The lowest BCUT2D eigenvalue weighted by atomic mass is 10.5. The highest BCUT2D eigenvalue weighted by atomic mass is 19.4. The van der Waals surface area contributed by atoms with Crippen molar-refractivity contribution in [1.29, 1.82) is 0 Å². The summed E-state index contributed by atoms with van der Waals surface area (Å²) in [6.45, 7) is 0.290. The van der Waals surface area contributed by atoms with Crippen molar-refractivity contribution in [2.75, 3.05) is 39.5 Å². The van der Waals surface area contributed by atoms with Gasteiger partial charge in [0.25, 0.3) is 0 Å². The van der Waals surface area contributed by atoms with Crippen molar-refractivity contribution in [2.45, 2.75) is 6.18 Å². The summed E-state index contributed by atoms with van der Waals surface area (Å²) in [7, 11) is 0. The van der Waals surface area contributed by atoms with E-state index < -0.39 is 18.2 Å². The fraction of sp³-hybridized carbons (Fsp3) is 0.778. The average Bonchev–Trinajstić information content (AvgIpc) is 2.29. The van der Waals surface area contributed by atoms with Gasteiger partial charge in [-0.05, 0) is 0 Å². The Kier molecular flexibility index (Phi) is 8.62. The number of carboxylic acid groups (broad SMARTS) is 1. The van der Waals surface area contributed by atoms with Gasteiger partial charge in [0, 0.05) is 13.1 Å². The molecule has 2 amide bonds. The molecule has 0 aromatic carbocycles. The lowest BCUT2D eigenvalue weighted by Crippen LogP contribution is -2.38. The quantitative estimate of drug-likeness (QED) is 0.517. The molecule has 0 rings (SSSR count). The van der Waals surface area contributed by atoms with Gasteiger partial charge in [-0.25, -0.2) is 4.79 Å². The highest BCUT2D eigenvalue weighted by molar-refractivity contribution is 5.81. The molecule has 112 valence electrons. The molecule has 19 heavy (non-hydrogen) atoms. The molecule has 0 aliphatic heterocycles. The second-order valence-electron chi connectivity index (χ2n) is 3.21. The van der Waals surface area contributed by atoms with E-state index in [9.17, 15) is 22.8 Å². The lowest BCUT2D eigenvalue weighted by molar-refractivity contribution is -0.173. The van der Waals surface area contributed by atoms with E-state index in [0.29, 0.717) is 0 Å². The van der Waals surface area contributed by atoms with E-state index >= 15 is 0 Å². The predicted molar refractivity (Wildman–Crippen MR) is 56.7 cm³/mol. The second-order valence-corrected chi connectivity index (χ2v) is 3.21. The van der Waals surface area contributed by atoms with Gasteiger partial charge in [0.1, 0.15) is 0 Å². The van der Waals surface area contributed by atoms with E-state index in [0.717, 1.165) is 0 Å². The number of hydrogen-bond donors (Lipinski definition) is 3. The Labute approximate surface area is 107 Å². The zero-order valence-electron chi connectivity index (χ0n) is 9.96. The van der Waals surface area contributed by atoms with Crippen molar-refractivity contribution in [3.8, 4) is 0 Å². The maximum Gasteiger partial charge on any atom is 0.471 e. The third kappa shape index (κ3) is 11.3. The van der Waals surface area contributed by atoms with Crippen LogP contribution in [0.3, 0.4) is 0 Å². The number of nitrogens with one attached hydrogen (secondary N) is 2. The summed E-state index contributed by atoms with van der Waals surface area (Å²) in [6, 6.07) is 0. The summed E-state index contributed by atoms with van der Waals surface area (Å²) >= 11 is 0. The number of rotatable bonds is 9. The van der Waals surface area contributed by atoms with Crippen molar-refractivity contribution >= 4 is 12.0 Å². The van der Waals surface area contributed by atoms with Crippen molar-refractivity contribution in [3.63, 3.8) is 0 Å². The van der Waals surface area contributed by atoms with Gasteiger partial charge < -0.3 is 25.2 Å². The van der Waals surface area contributed by atoms with Gasteiger partial charge in [-0.1, -0.05) is 0 Å². The maximum absolute atomic E-state index is 11.7. The van der Waals surface area contributed by atoms with Crippen molar-refractivity contribution in [2.24, 2.45) is 0 Å². The minimum atomic E-state index is -4.89. The van der Waals surface area contributed by atoms with Gasteiger partial charge in [-0.3, -0.25) is 4.79 Å². The fourth-order valence-corrected chi connectivity index (χ4v) is 0.889. The van der Waals surface area contributed by atoms with Crippen LogP contribution in [0.25, 0.3) is 0 Å². The summed E-state index contributed by atoms with van der Waals surface area (Å²) in [6.07, 6.45) is -6.04. The molecular formula is C9H15F3N2O5. The van der Waals surface area contributed by atoms with Gasteiger partial charge in [0.05, 0.1) is 26.4 Å². The highest BCUT2D eigenvalue weighted by Gasteiger charge is 2.38. The molecule has 0 aliphatic rings. The van der Waals surface area contributed by atoms with Crippen LogP contribution in [0.1, 0.15) is 0 Å². The molecule has 7 nitrogen and oxygen atoms in total. The molecule has 0 heterocycles. The normalized spacial score (nSPS) is 11.1. The molecular weight excluding hydrogens is 273 g/mol. The first-order valence-corrected chi connectivity index (χ1v) is 5.31. The Balaban J connectivity index is 3.24. The molecule has 0 fully saturated rings. The number of alkyl halides is 3. The Hall–Kier alpha value is -1.55. The highest BCUT2D eigenvalue weighted by Crippen LogP contribution is 2.13. The number of amides is 2. The van der Waals surface area contributed by atoms with Crippen LogP contribution in [-0.4, -0.2) is 62.8 Å². The minimum absolute atomic E-state index is 0.0709. The maximum atomic E-state index is 11.7.